The van der Waals surface area contributed by atoms with Crippen molar-refractivity contribution in [2.75, 3.05) is 12.0 Å². The topological polar surface area (TPSA) is 104 Å². The fourth-order valence-electron chi connectivity index (χ4n) is 1.81. The van der Waals surface area contributed by atoms with E-state index in [9.17, 15) is 9.90 Å². The number of carbonyl (C=O) groups is 1. The molecule has 0 unspecified atom stereocenters. The Balaban J connectivity index is 2.28. The Morgan fingerprint density at radius 1 is 1.36 bits per heavy atom. The predicted molar refractivity (Wildman–Crippen MR) is 96.7 cm³/mol. The Kier molecular flexibility index (Phi) is 6.30. The van der Waals surface area contributed by atoms with Crippen LogP contribution in [0.2, 0.25) is 15.2 Å². The first-order chi connectivity index (χ1) is 11.8. The maximum atomic E-state index is 11.1. The number of nitrogens with one attached hydrogen (secondary N) is 1. The number of phenolic OH excluding ortho intramolecular Hbond substituents is 1. The molecule has 2 aromatic rings. The normalized spacial score (nSPS) is 10.9. The molecule has 0 aliphatic heterocycles. The van der Waals surface area contributed by atoms with Crippen LogP contribution in [0.15, 0.2) is 23.3 Å². The average molecular weight is 405 g/mol. The molecular formula is C15H12Cl3N3O4. The maximum absolute atomic E-state index is 11.1. The van der Waals surface area contributed by atoms with Crippen LogP contribution in [0, 0.1) is 0 Å². The number of aromatic carboxylic acids is 1. The summed E-state index contributed by atoms with van der Waals surface area (Å²) in [6.07, 6.45) is 1.41. The van der Waals surface area contributed by atoms with E-state index in [1.54, 1.807) is 19.1 Å². The van der Waals surface area contributed by atoms with Gasteiger partial charge in [-0.1, -0.05) is 34.8 Å². The van der Waals surface area contributed by atoms with Gasteiger partial charge in [-0.15, -0.1) is 0 Å². The standard InChI is InChI=1S/C15H12Cl3N3O4/c1-2-25-9-5-7(3-4-8(9)22)6-19-21-12-10(16)13(15(23)24)20-14(18)11(12)17/h3-6,22H,2H2,1H3,(H,20,21)(H,23,24)/b19-6+. The summed E-state index contributed by atoms with van der Waals surface area (Å²) in [5, 5.41) is 22.2. The van der Waals surface area contributed by atoms with E-state index in [2.05, 4.69) is 15.5 Å². The molecule has 0 fully saturated rings. The van der Waals surface area contributed by atoms with Crippen LogP contribution in [-0.4, -0.2) is 34.0 Å². The third-order valence-corrected chi connectivity index (χ3v) is 4.02. The fourth-order valence-corrected chi connectivity index (χ4v) is 2.47. The molecule has 1 aromatic carbocycles. The van der Waals surface area contributed by atoms with Gasteiger partial charge in [-0.3, -0.25) is 5.43 Å². The molecule has 2 rings (SSSR count). The molecule has 0 amide bonds. The number of hydrogen-bond donors (Lipinski definition) is 3. The van der Waals surface area contributed by atoms with Crippen molar-refractivity contribution in [2.45, 2.75) is 6.92 Å². The number of hydrogen-bond acceptors (Lipinski definition) is 6. The first kappa shape index (κ1) is 19.1. The first-order valence-corrected chi connectivity index (χ1v) is 8.01. The SMILES string of the molecule is CCOc1cc(/C=N/Nc2c(Cl)c(Cl)nc(C(=O)O)c2Cl)ccc1O. The molecule has 25 heavy (non-hydrogen) atoms. The zero-order valence-electron chi connectivity index (χ0n) is 12.8. The lowest BCUT2D eigenvalue weighted by Gasteiger charge is -2.09. The Morgan fingerprint density at radius 3 is 2.72 bits per heavy atom. The summed E-state index contributed by atoms with van der Waals surface area (Å²) in [6, 6.07) is 4.64. The number of rotatable bonds is 6. The molecule has 0 aliphatic carbocycles. The number of carboxylic acids is 1. The molecule has 0 atom stereocenters. The summed E-state index contributed by atoms with van der Waals surface area (Å²) in [6.45, 7) is 2.18. The summed E-state index contributed by atoms with van der Waals surface area (Å²) in [5.74, 6) is -1.04. The maximum Gasteiger partial charge on any atom is 0.356 e. The van der Waals surface area contributed by atoms with Crippen molar-refractivity contribution in [1.29, 1.82) is 0 Å². The second kappa shape index (κ2) is 8.24. The number of ether oxygens (including phenoxy) is 1. The quantitative estimate of drug-likeness (QED) is 0.377. The van der Waals surface area contributed by atoms with Gasteiger partial charge in [-0.05, 0) is 30.7 Å². The summed E-state index contributed by atoms with van der Waals surface area (Å²) >= 11 is 17.8. The molecule has 0 radical (unpaired) electrons. The molecule has 1 aromatic heterocycles. The van der Waals surface area contributed by atoms with Crippen LogP contribution < -0.4 is 10.2 Å². The van der Waals surface area contributed by atoms with Crippen molar-refractivity contribution in [1.82, 2.24) is 4.98 Å². The number of hydrazone groups is 1. The van der Waals surface area contributed by atoms with Gasteiger partial charge in [0.15, 0.2) is 22.3 Å². The average Bonchev–Trinajstić information content (AvgIpc) is 2.57. The second-order valence-electron chi connectivity index (χ2n) is 4.59. The third-order valence-electron chi connectivity index (χ3n) is 2.91. The van der Waals surface area contributed by atoms with Crippen LogP contribution >= 0.6 is 34.8 Å². The molecule has 0 saturated carbocycles. The lowest BCUT2D eigenvalue weighted by atomic mass is 10.2. The Labute approximate surface area is 157 Å². The van der Waals surface area contributed by atoms with Crippen molar-refractivity contribution >= 4 is 52.7 Å². The molecule has 0 saturated heterocycles. The number of nitrogens with zero attached hydrogens (tertiary/aromatic N) is 2. The van der Waals surface area contributed by atoms with E-state index in [4.69, 9.17) is 44.6 Å². The van der Waals surface area contributed by atoms with Crippen molar-refractivity contribution in [3.8, 4) is 11.5 Å². The molecule has 7 nitrogen and oxygen atoms in total. The van der Waals surface area contributed by atoms with Crippen LogP contribution in [0.5, 0.6) is 11.5 Å². The minimum absolute atomic E-state index is 0.00469. The summed E-state index contributed by atoms with van der Waals surface area (Å²) in [7, 11) is 0. The highest BCUT2D eigenvalue weighted by Gasteiger charge is 2.20. The number of halogens is 3. The predicted octanol–water partition coefficient (Wildman–Crippen LogP) is 4.29. The number of aromatic hydroxyl groups is 1. The van der Waals surface area contributed by atoms with Crippen LogP contribution in [0.3, 0.4) is 0 Å². The third kappa shape index (κ3) is 4.45. The molecule has 1 heterocycles. The fraction of sp³-hybridized carbons (Fsp3) is 0.133. The molecule has 0 spiro atoms. The summed E-state index contributed by atoms with van der Waals surface area (Å²) in [5.41, 5.74) is 2.72. The number of carboxylic acid groups (broad SMARTS) is 1. The number of phenols is 1. The summed E-state index contributed by atoms with van der Waals surface area (Å²) in [4.78, 5) is 14.7. The van der Waals surface area contributed by atoms with E-state index < -0.39 is 11.7 Å². The highest BCUT2D eigenvalue weighted by Crippen LogP contribution is 2.36. The van der Waals surface area contributed by atoms with E-state index in [-0.39, 0.29) is 26.6 Å². The van der Waals surface area contributed by atoms with Gasteiger partial charge in [0, 0.05) is 0 Å². The van der Waals surface area contributed by atoms with Gasteiger partial charge < -0.3 is 14.9 Å². The number of anilines is 1. The van der Waals surface area contributed by atoms with Crippen molar-refractivity contribution in [3.63, 3.8) is 0 Å². The van der Waals surface area contributed by atoms with Gasteiger partial charge in [0.2, 0.25) is 0 Å². The van der Waals surface area contributed by atoms with Gasteiger partial charge in [0.25, 0.3) is 0 Å². The smallest absolute Gasteiger partial charge is 0.356 e. The van der Waals surface area contributed by atoms with Crippen LogP contribution in [0.1, 0.15) is 23.0 Å². The number of benzene rings is 1. The minimum Gasteiger partial charge on any atom is -0.504 e. The first-order valence-electron chi connectivity index (χ1n) is 6.87. The molecule has 132 valence electrons. The van der Waals surface area contributed by atoms with Gasteiger partial charge >= 0.3 is 5.97 Å². The van der Waals surface area contributed by atoms with Gasteiger partial charge in [0.05, 0.1) is 18.5 Å². The van der Waals surface area contributed by atoms with Gasteiger partial charge in [-0.25, -0.2) is 9.78 Å². The lowest BCUT2D eigenvalue weighted by Crippen LogP contribution is -2.05. The summed E-state index contributed by atoms with van der Waals surface area (Å²) < 4.78 is 5.27. The Hall–Kier alpha value is -2.22. The van der Waals surface area contributed by atoms with Gasteiger partial charge in [-0.2, -0.15) is 5.10 Å². The zero-order chi connectivity index (χ0) is 18.6. The highest BCUT2D eigenvalue weighted by atomic mass is 35.5. The second-order valence-corrected chi connectivity index (χ2v) is 5.70. The van der Waals surface area contributed by atoms with Crippen molar-refractivity contribution < 1.29 is 19.7 Å². The zero-order valence-corrected chi connectivity index (χ0v) is 15.0. The van der Waals surface area contributed by atoms with E-state index in [1.807, 2.05) is 0 Å². The molecule has 10 heteroatoms. The highest BCUT2D eigenvalue weighted by molar-refractivity contribution is 6.46. The van der Waals surface area contributed by atoms with Gasteiger partial charge in [0.1, 0.15) is 10.0 Å². The number of pyridine rings is 1. The molecule has 3 N–H and O–H groups in total. The monoisotopic (exact) mass is 403 g/mol. The van der Waals surface area contributed by atoms with Crippen molar-refractivity contribution in [3.05, 3.63) is 44.7 Å². The lowest BCUT2D eigenvalue weighted by molar-refractivity contribution is 0.0691. The van der Waals surface area contributed by atoms with E-state index in [1.165, 1.54) is 12.3 Å². The molecule has 0 aliphatic rings. The van der Waals surface area contributed by atoms with Crippen LogP contribution in [0.4, 0.5) is 5.69 Å². The minimum atomic E-state index is -1.35. The van der Waals surface area contributed by atoms with E-state index in [0.29, 0.717) is 17.9 Å². The van der Waals surface area contributed by atoms with Crippen molar-refractivity contribution in [2.24, 2.45) is 5.10 Å². The van der Waals surface area contributed by atoms with Crippen LogP contribution in [-0.2, 0) is 0 Å². The largest absolute Gasteiger partial charge is 0.504 e. The van der Waals surface area contributed by atoms with E-state index >= 15 is 0 Å². The van der Waals surface area contributed by atoms with E-state index in [0.717, 1.165) is 0 Å². The Morgan fingerprint density at radius 2 is 2.08 bits per heavy atom. The molecular weight excluding hydrogens is 393 g/mol. The molecule has 0 bridgehead atoms. The number of aromatic nitrogens is 1. The van der Waals surface area contributed by atoms with Crippen LogP contribution in [0.25, 0.3) is 0 Å². The Bertz CT molecular complexity index is 843.